The van der Waals surface area contributed by atoms with Crippen molar-refractivity contribution < 1.29 is 97.7 Å². The number of aliphatic hydroxyl groups is 1. The van der Waals surface area contributed by atoms with E-state index in [1.54, 1.807) is 90.9 Å². The Morgan fingerprint density at radius 3 is 1.02 bits per heavy atom. The molecule has 19 heteroatoms. The van der Waals surface area contributed by atoms with E-state index in [2.05, 4.69) is 89.5 Å². The van der Waals surface area contributed by atoms with E-state index >= 15 is 0 Å². The first-order valence-electron chi connectivity index (χ1n) is 28.9. The zero-order chi connectivity index (χ0) is 67.2. The maximum atomic E-state index is 13.2. The van der Waals surface area contributed by atoms with Gasteiger partial charge in [0.15, 0.2) is 5.78 Å². The Balaban J connectivity index is 0.000000239. The molecule has 0 aliphatic carbocycles. The molecule has 14 rings (SSSR count). The van der Waals surface area contributed by atoms with Crippen molar-refractivity contribution in [2.45, 2.75) is 13.8 Å². The Hall–Kier alpha value is -10.3. The van der Waals surface area contributed by atoms with Crippen LogP contribution in [-0.4, -0.2) is 56.9 Å². The third-order valence-electron chi connectivity index (χ3n) is 12.0. The summed E-state index contributed by atoms with van der Waals surface area (Å²) in [7, 11) is 0. The van der Waals surface area contributed by atoms with Crippen LogP contribution in [0.25, 0.3) is 76.9 Å². The summed E-state index contributed by atoms with van der Waals surface area (Å²) in [4.78, 5) is 49.7. The number of halogens is 4. The molecule has 0 saturated carbocycles. The number of thiophene rings is 1. The van der Waals surface area contributed by atoms with Crippen LogP contribution < -0.4 is 0 Å². The molecule has 11 nitrogen and oxygen atoms in total. The standard InChI is InChI=1S/C13H8NS.2C11H6F2N.3C11H8N.C6H5NO2.C5H8O2.3Ir/c1-2-7-12-10(5-1)9-13(15-12)11-6-3-4-8-14-11;2*12-8-4-5-9(10(13)7-8)11-3-1-2-6-14-11;3*1-2-6-10(7-3-1)11-8-4-5-9-12-11;8-6(9)5-3-1-2-4-7-5;1-4(6)3-5(2)7;;;/h1-8H;2*1-4,6-7H;3*1-6,8-9H;1-4H,(H,8,9);3,6H,1-2H3;;;/q6*-1;;;;;+3. The van der Waals surface area contributed by atoms with Crippen LogP contribution in [0.5, 0.6) is 0 Å². The number of hydrogen-bond donors (Lipinski definition) is 2. The van der Waals surface area contributed by atoms with E-state index in [9.17, 15) is 27.2 Å². The Morgan fingerprint density at radius 2 is 0.745 bits per heavy atom. The molecule has 8 aromatic heterocycles. The molecule has 14 aromatic rings. The van der Waals surface area contributed by atoms with Crippen LogP contribution in [0.2, 0.25) is 0 Å². The van der Waals surface area contributed by atoms with E-state index in [-0.39, 0.29) is 88.7 Å². The van der Waals surface area contributed by atoms with E-state index in [4.69, 9.17) is 10.2 Å². The van der Waals surface area contributed by atoms with Gasteiger partial charge in [0.2, 0.25) is 0 Å². The van der Waals surface area contributed by atoms with Crippen LogP contribution >= 0.6 is 11.3 Å². The first-order valence-corrected chi connectivity index (χ1v) is 29.7. The number of aliphatic hydroxyl groups excluding tert-OH is 1. The van der Waals surface area contributed by atoms with Crippen molar-refractivity contribution >= 4 is 33.2 Å². The number of rotatable bonds is 8. The summed E-state index contributed by atoms with van der Waals surface area (Å²) in [6.45, 7) is 2.85. The second kappa shape index (κ2) is 45.2. The molecule has 0 atom stereocenters. The van der Waals surface area contributed by atoms with Gasteiger partial charge in [-0.15, -0.1) is 156 Å². The maximum absolute atomic E-state index is 13.2. The predicted octanol–water partition coefficient (Wildman–Crippen LogP) is 18.9. The fourth-order valence-corrected chi connectivity index (χ4v) is 8.82. The molecule has 0 amide bonds. The van der Waals surface area contributed by atoms with E-state index in [1.807, 2.05) is 158 Å². The Morgan fingerprint density at radius 1 is 0.408 bits per heavy atom. The van der Waals surface area contributed by atoms with Gasteiger partial charge in [-0.3, -0.25) is 22.4 Å². The first kappa shape index (κ1) is 80.1. The first-order chi connectivity index (χ1) is 46.3. The summed E-state index contributed by atoms with van der Waals surface area (Å²) in [5.74, 6) is -3.63. The fraction of sp³-hybridized carbons (Fsp3) is 0.0253. The van der Waals surface area contributed by atoms with Crippen molar-refractivity contribution in [3.8, 4) is 66.9 Å². The number of fused-ring (bicyclic) bond motifs is 1. The largest absolute Gasteiger partial charge is 3.00 e. The number of allylic oxidation sites excluding steroid dienone is 2. The molecular weight excluding hydrogens is 1800 g/mol. The number of ketones is 1. The number of carbonyl (C=O) groups excluding carboxylic acids is 1. The minimum absolute atomic E-state index is 0. The van der Waals surface area contributed by atoms with Gasteiger partial charge >= 0.3 is 26.1 Å². The molecule has 6 aromatic carbocycles. The number of aromatic carboxylic acids is 1. The van der Waals surface area contributed by atoms with E-state index in [1.165, 1.54) is 42.3 Å². The fourth-order valence-electron chi connectivity index (χ4n) is 7.84. The summed E-state index contributed by atoms with van der Waals surface area (Å²) in [5, 5.41) is 17.9. The summed E-state index contributed by atoms with van der Waals surface area (Å²) >= 11 is 1.73. The summed E-state index contributed by atoms with van der Waals surface area (Å²) in [5.41, 5.74) is 8.38. The van der Waals surface area contributed by atoms with Crippen LogP contribution in [0, 0.1) is 59.7 Å². The van der Waals surface area contributed by atoms with Gasteiger partial charge < -0.3 is 40.1 Å². The molecule has 2 radical (unpaired) electrons. The smallest absolute Gasteiger partial charge is 0.512 e. The molecule has 8 heterocycles. The molecule has 0 spiro atoms. The minimum Gasteiger partial charge on any atom is -0.512 e. The van der Waals surface area contributed by atoms with Crippen molar-refractivity contribution in [1.82, 2.24) is 34.9 Å². The van der Waals surface area contributed by atoms with Crippen LogP contribution in [0.1, 0.15) is 24.3 Å². The Bertz CT molecular complexity index is 4130. The number of pyridine rings is 7. The molecule has 496 valence electrons. The molecular formula is C79H57F4Ir3N7O4S-3. The zero-order valence-electron chi connectivity index (χ0n) is 52.1. The van der Waals surface area contributed by atoms with Gasteiger partial charge in [0.25, 0.3) is 0 Å². The average molecular weight is 1850 g/mol. The number of carboxylic acids is 1. The topological polar surface area (TPSA) is 165 Å². The minimum atomic E-state index is -0.990. The monoisotopic (exact) mass is 1850 g/mol. The van der Waals surface area contributed by atoms with Gasteiger partial charge in [0.1, 0.15) is 5.69 Å². The number of benzene rings is 6. The van der Waals surface area contributed by atoms with E-state index in [0.717, 1.165) is 68.6 Å². The van der Waals surface area contributed by atoms with Crippen molar-refractivity contribution in [3.05, 3.63) is 369 Å². The van der Waals surface area contributed by atoms with Crippen molar-refractivity contribution in [2.75, 3.05) is 0 Å². The van der Waals surface area contributed by atoms with Crippen molar-refractivity contribution in [2.24, 2.45) is 0 Å². The number of nitrogens with zero attached hydrogens (tertiary/aromatic N) is 7. The number of carbonyl (C=O) groups is 2. The second-order valence-electron chi connectivity index (χ2n) is 19.2. The number of carboxylic acid groups (broad SMARTS) is 1. The van der Waals surface area contributed by atoms with Gasteiger partial charge in [-0.1, -0.05) is 114 Å². The van der Waals surface area contributed by atoms with Gasteiger partial charge in [0, 0.05) is 119 Å². The summed E-state index contributed by atoms with van der Waals surface area (Å²) in [6, 6.07) is 91.9. The van der Waals surface area contributed by atoms with Crippen LogP contribution in [-0.2, 0) is 65.1 Å². The second-order valence-corrected chi connectivity index (χ2v) is 20.2. The zero-order valence-corrected chi connectivity index (χ0v) is 60.1. The quantitative estimate of drug-likeness (QED) is 0.0644. The van der Waals surface area contributed by atoms with Crippen molar-refractivity contribution in [1.29, 1.82) is 0 Å². The summed E-state index contributed by atoms with van der Waals surface area (Å²) in [6.07, 6.45) is 12.9. The maximum Gasteiger partial charge on any atom is 3.00 e. The van der Waals surface area contributed by atoms with Crippen LogP contribution in [0.15, 0.2) is 304 Å². The molecule has 0 unspecified atom stereocenters. The van der Waals surface area contributed by atoms with Crippen LogP contribution in [0.3, 0.4) is 0 Å². The number of aromatic nitrogens is 7. The molecule has 2 N–H and O–H groups in total. The Labute approximate surface area is 611 Å². The SMILES string of the molecule is CC(=O)C=C(C)O.Fc1c[c-]c(-c2ccccn2)c(F)c1.Fc1c[c-]c(-c2ccccn2)c(F)c1.O=C(O)c1ccccn1.[Ir+3].[Ir].[Ir].[c-]1c(-c2ccccn2)sc2ccccc12.[c-]1ccccc1-c1ccccn1.[c-]1ccccc1-c1ccccn1.[c-]1ccccc1-c1ccccn1. The molecule has 0 aliphatic rings. The molecule has 0 bridgehead atoms. The third-order valence-corrected chi connectivity index (χ3v) is 13.1. The molecule has 0 fully saturated rings. The molecule has 98 heavy (non-hydrogen) atoms. The summed E-state index contributed by atoms with van der Waals surface area (Å²) < 4.78 is 52.9. The third kappa shape index (κ3) is 28.6. The van der Waals surface area contributed by atoms with E-state index < -0.39 is 29.2 Å². The van der Waals surface area contributed by atoms with Gasteiger partial charge in [0.05, 0.1) is 5.76 Å². The Kier molecular flexibility index (Phi) is 36.9. The average Bonchev–Trinajstić information content (AvgIpc) is 1.76. The molecule has 0 saturated heterocycles. The van der Waals surface area contributed by atoms with E-state index in [0.29, 0.717) is 11.4 Å². The number of hydrogen-bond acceptors (Lipinski definition) is 11. The normalized spacial score (nSPS) is 9.71. The van der Waals surface area contributed by atoms with Gasteiger partial charge in [-0.2, -0.15) is 0 Å². The van der Waals surface area contributed by atoms with Crippen LogP contribution in [0.4, 0.5) is 17.6 Å². The predicted molar refractivity (Wildman–Crippen MR) is 365 cm³/mol. The van der Waals surface area contributed by atoms with Gasteiger partial charge in [-0.25, -0.2) is 21.1 Å². The van der Waals surface area contributed by atoms with Gasteiger partial charge in [-0.05, 0) is 100 Å². The molecule has 0 aliphatic heterocycles. The van der Waals surface area contributed by atoms with Crippen molar-refractivity contribution in [3.63, 3.8) is 0 Å².